The molecule has 2 nitrogen and oxygen atoms in total. The molecule has 0 spiro atoms. The number of hydrogen-bond donors (Lipinski definition) is 1. The first kappa shape index (κ1) is 10.0. The summed E-state index contributed by atoms with van der Waals surface area (Å²) in [5.41, 5.74) is 3.90. The fourth-order valence-electron chi connectivity index (χ4n) is 1.41. The maximum Gasteiger partial charge on any atom is 0.0135 e. The minimum atomic E-state index is 0.471. The Morgan fingerprint density at radius 2 is 2.00 bits per heavy atom. The lowest BCUT2D eigenvalue weighted by Crippen LogP contribution is -2.44. The molecule has 1 N–H and O–H groups in total. The average molecular weight is 170 g/mol. The van der Waals surface area contributed by atoms with Crippen LogP contribution in [0.15, 0.2) is 0 Å². The van der Waals surface area contributed by atoms with Gasteiger partial charge in [0.25, 0.3) is 0 Å². The lowest BCUT2D eigenvalue weighted by molar-refractivity contribution is 0.133. The Balaban J connectivity index is 2.13. The largest absolute Gasteiger partial charge is 0.255 e. The molecule has 0 unspecified atom stereocenters. The Labute approximate surface area is 76.3 Å². The monoisotopic (exact) mass is 170 g/mol. The maximum absolute atomic E-state index is 3.42. The summed E-state index contributed by atoms with van der Waals surface area (Å²) in [6.07, 6.45) is 3.98. The van der Waals surface area contributed by atoms with Crippen molar-refractivity contribution in [2.24, 2.45) is 5.41 Å². The van der Waals surface area contributed by atoms with Crippen LogP contribution >= 0.6 is 0 Å². The summed E-state index contributed by atoms with van der Waals surface area (Å²) in [5, 5.41) is 2.37. The molecule has 1 fully saturated rings. The van der Waals surface area contributed by atoms with Crippen molar-refractivity contribution in [1.82, 2.24) is 10.4 Å². The third kappa shape index (κ3) is 4.07. The zero-order valence-electron chi connectivity index (χ0n) is 8.69. The molecule has 1 heterocycles. The predicted molar refractivity (Wildman–Crippen MR) is 52.9 cm³/mol. The van der Waals surface area contributed by atoms with Gasteiger partial charge in [-0.25, -0.2) is 5.01 Å². The molecule has 1 saturated heterocycles. The van der Waals surface area contributed by atoms with Gasteiger partial charge in [-0.15, -0.1) is 0 Å². The first-order chi connectivity index (χ1) is 5.58. The highest BCUT2D eigenvalue weighted by Crippen LogP contribution is 2.18. The van der Waals surface area contributed by atoms with Crippen LogP contribution in [0.25, 0.3) is 0 Å². The second-order valence-corrected chi connectivity index (χ2v) is 4.91. The smallest absolute Gasteiger partial charge is 0.0135 e. The van der Waals surface area contributed by atoms with Crippen molar-refractivity contribution in [3.05, 3.63) is 0 Å². The molecule has 0 amide bonds. The van der Waals surface area contributed by atoms with Crippen molar-refractivity contribution in [1.29, 1.82) is 0 Å². The van der Waals surface area contributed by atoms with Crippen LogP contribution in [0.1, 0.15) is 40.0 Å². The summed E-state index contributed by atoms with van der Waals surface area (Å²) >= 11 is 0. The topological polar surface area (TPSA) is 15.3 Å². The molecule has 72 valence electrons. The Bertz CT molecular complexity index is 120. The Kier molecular flexibility index (Phi) is 3.53. The fourth-order valence-corrected chi connectivity index (χ4v) is 1.41. The normalized spacial score (nSPS) is 21.2. The minimum absolute atomic E-state index is 0.471. The number of hydrogen-bond acceptors (Lipinski definition) is 2. The highest BCUT2D eigenvalue weighted by Gasteiger charge is 2.14. The van der Waals surface area contributed by atoms with Gasteiger partial charge in [0.05, 0.1) is 0 Å². The van der Waals surface area contributed by atoms with E-state index in [2.05, 4.69) is 31.2 Å². The second-order valence-electron chi connectivity index (χ2n) is 4.91. The molecule has 12 heavy (non-hydrogen) atoms. The summed E-state index contributed by atoms with van der Waals surface area (Å²) in [4.78, 5) is 0. The fraction of sp³-hybridized carbons (Fsp3) is 1.00. The van der Waals surface area contributed by atoms with Gasteiger partial charge in [0.1, 0.15) is 0 Å². The molecular formula is C10H22N2. The summed E-state index contributed by atoms with van der Waals surface area (Å²) < 4.78 is 0. The van der Waals surface area contributed by atoms with Crippen LogP contribution in [0, 0.1) is 5.41 Å². The zero-order chi connectivity index (χ0) is 9.03. The quantitative estimate of drug-likeness (QED) is 0.682. The molecular weight excluding hydrogens is 148 g/mol. The molecule has 0 aromatic carbocycles. The van der Waals surface area contributed by atoms with Gasteiger partial charge in [-0.1, -0.05) is 20.8 Å². The van der Waals surface area contributed by atoms with Gasteiger partial charge in [-0.05, 0) is 24.7 Å². The van der Waals surface area contributed by atoms with Gasteiger partial charge >= 0.3 is 0 Å². The van der Waals surface area contributed by atoms with Crippen molar-refractivity contribution in [2.75, 3.05) is 19.6 Å². The molecule has 0 saturated carbocycles. The van der Waals surface area contributed by atoms with Crippen LogP contribution in [-0.4, -0.2) is 24.6 Å². The number of rotatable bonds is 2. The van der Waals surface area contributed by atoms with Crippen molar-refractivity contribution in [3.63, 3.8) is 0 Å². The van der Waals surface area contributed by atoms with Gasteiger partial charge in [-0.3, -0.25) is 5.43 Å². The highest BCUT2D eigenvalue weighted by atomic mass is 15.5. The molecule has 2 heteroatoms. The third-order valence-corrected chi connectivity index (χ3v) is 2.32. The lowest BCUT2D eigenvalue weighted by atomic mass is 9.92. The first-order valence-electron chi connectivity index (χ1n) is 5.06. The van der Waals surface area contributed by atoms with E-state index in [1.807, 2.05) is 0 Å². The van der Waals surface area contributed by atoms with Crippen LogP contribution in [0.5, 0.6) is 0 Å². The summed E-state index contributed by atoms with van der Waals surface area (Å²) in [6, 6.07) is 0. The Hall–Kier alpha value is -0.0800. The van der Waals surface area contributed by atoms with Crippen molar-refractivity contribution < 1.29 is 0 Å². The molecule has 0 bridgehead atoms. The number of nitrogens with one attached hydrogen (secondary N) is 1. The maximum atomic E-state index is 3.42. The van der Waals surface area contributed by atoms with Crippen LogP contribution < -0.4 is 5.43 Å². The molecule has 1 rings (SSSR count). The van der Waals surface area contributed by atoms with E-state index in [0.29, 0.717) is 5.41 Å². The molecule has 0 aromatic heterocycles. The van der Waals surface area contributed by atoms with Gasteiger partial charge in [0.15, 0.2) is 0 Å². The summed E-state index contributed by atoms with van der Waals surface area (Å²) in [5.74, 6) is 0. The summed E-state index contributed by atoms with van der Waals surface area (Å²) in [6.45, 7) is 10.5. The lowest BCUT2D eigenvalue weighted by Gasteiger charge is -2.30. The summed E-state index contributed by atoms with van der Waals surface area (Å²) in [7, 11) is 0. The van der Waals surface area contributed by atoms with Gasteiger partial charge in [0, 0.05) is 19.6 Å². The van der Waals surface area contributed by atoms with E-state index in [1.165, 1.54) is 38.9 Å². The van der Waals surface area contributed by atoms with Crippen molar-refractivity contribution in [3.8, 4) is 0 Å². The zero-order valence-corrected chi connectivity index (χ0v) is 8.69. The highest BCUT2D eigenvalue weighted by molar-refractivity contribution is 4.66. The van der Waals surface area contributed by atoms with E-state index in [-0.39, 0.29) is 0 Å². The Morgan fingerprint density at radius 1 is 1.25 bits per heavy atom. The van der Waals surface area contributed by atoms with Gasteiger partial charge in [0.2, 0.25) is 0 Å². The van der Waals surface area contributed by atoms with E-state index < -0.39 is 0 Å². The van der Waals surface area contributed by atoms with E-state index >= 15 is 0 Å². The van der Waals surface area contributed by atoms with E-state index in [1.54, 1.807) is 0 Å². The van der Waals surface area contributed by atoms with Crippen LogP contribution in [0.3, 0.4) is 0 Å². The van der Waals surface area contributed by atoms with E-state index in [9.17, 15) is 0 Å². The van der Waals surface area contributed by atoms with Crippen molar-refractivity contribution in [2.45, 2.75) is 40.0 Å². The molecule has 0 aromatic rings. The van der Waals surface area contributed by atoms with Crippen LogP contribution in [0.4, 0.5) is 0 Å². The van der Waals surface area contributed by atoms with Crippen LogP contribution in [-0.2, 0) is 0 Å². The first-order valence-corrected chi connectivity index (χ1v) is 5.06. The van der Waals surface area contributed by atoms with Gasteiger partial charge in [-0.2, -0.15) is 0 Å². The molecule has 1 aliphatic heterocycles. The third-order valence-electron chi connectivity index (χ3n) is 2.32. The SMILES string of the molecule is CC(C)(C)CCN1CCCCN1. The standard InChI is InChI=1S/C10H22N2/c1-10(2,3)6-9-12-8-5-4-7-11-12/h11H,4-9H2,1-3H3. The van der Waals surface area contributed by atoms with Crippen molar-refractivity contribution >= 4 is 0 Å². The second kappa shape index (κ2) is 4.24. The number of nitrogens with zero attached hydrogens (tertiary/aromatic N) is 1. The number of hydrazine groups is 1. The molecule has 0 radical (unpaired) electrons. The van der Waals surface area contributed by atoms with E-state index in [0.717, 1.165) is 0 Å². The minimum Gasteiger partial charge on any atom is -0.255 e. The van der Waals surface area contributed by atoms with Crippen LogP contribution in [0.2, 0.25) is 0 Å². The van der Waals surface area contributed by atoms with Gasteiger partial charge < -0.3 is 0 Å². The average Bonchev–Trinajstić information content (AvgIpc) is 2.02. The molecule has 1 aliphatic rings. The molecule has 0 atom stereocenters. The predicted octanol–water partition coefficient (Wildman–Crippen LogP) is 2.02. The Morgan fingerprint density at radius 3 is 2.50 bits per heavy atom. The molecule has 0 aliphatic carbocycles. The van der Waals surface area contributed by atoms with E-state index in [4.69, 9.17) is 0 Å².